The average Bonchev–Trinajstić information content (AvgIpc) is 2.09. The Labute approximate surface area is 73.0 Å². The minimum Gasteiger partial charge on any atom is -0.396 e. The third kappa shape index (κ3) is 1.79. The molecule has 3 nitrogen and oxygen atoms in total. The van der Waals surface area contributed by atoms with Gasteiger partial charge in [-0.2, -0.15) is 0 Å². The molecule has 72 valence electrons. The number of hydrogen-bond acceptors (Lipinski definition) is 3. The lowest BCUT2D eigenvalue weighted by Gasteiger charge is -2.37. The largest absolute Gasteiger partial charge is 0.396 e. The van der Waals surface area contributed by atoms with Crippen molar-refractivity contribution in [3.8, 4) is 0 Å². The minimum atomic E-state index is -0.444. The number of aliphatic hydroxyl groups is 3. The van der Waals surface area contributed by atoms with E-state index >= 15 is 0 Å². The molecule has 12 heavy (non-hydrogen) atoms. The Hall–Kier alpha value is -0.120. The van der Waals surface area contributed by atoms with Crippen LogP contribution in [-0.2, 0) is 0 Å². The van der Waals surface area contributed by atoms with Crippen molar-refractivity contribution in [3.63, 3.8) is 0 Å². The molecule has 0 spiro atoms. The quantitative estimate of drug-likeness (QED) is 0.552. The lowest BCUT2D eigenvalue weighted by atomic mass is 9.73. The molecule has 4 unspecified atom stereocenters. The van der Waals surface area contributed by atoms with Crippen molar-refractivity contribution >= 4 is 0 Å². The summed E-state index contributed by atoms with van der Waals surface area (Å²) in [5.41, 5.74) is 0. The summed E-state index contributed by atoms with van der Waals surface area (Å²) >= 11 is 0. The summed E-state index contributed by atoms with van der Waals surface area (Å²) in [7, 11) is 0. The SMILES string of the molecule is CC1CCC(CO)C(CO)C1O. The topological polar surface area (TPSA) is 60.7 Å². The van der Waals surface area contributed by atoms with Crippen LogP contribution in [0, 0.1) is 17.8 Å². The van der Waals surface area contributed by atoms with E-state index in [9.17, 15) is 5.11 Å². The first kappa shape index (κ1) is 9.96. The normalized spacial score (nSPS) is 43.0. The van der Waals surface area contributed by atoms with Gasteiger partial charge >= 0.3 is 0 Å². The highest BCUT2D eigenvalue weighted by Gasteiger charge is 2.35. The molecule has 0 aromatic heterocycles. The molecule has 1 aliphatic carbocycles. The van der Waals surface area contributed by atoms with Crippen LogP contribution in [0.25, 0.3) is 0 Å². The summed E-state index contributed by atoms with van der Waals surface area (Å²) in [5, 5.41) is 27.7. The fraction of sp³-hybridized carbons (Fsp3) is 1.00. The second-order valence-electron chi connectivity index (χ2n) is 3.83. The van der Waals surface area contributed by atoms with E-state index in [0.717, 1.165) is 12.8 Å². The molecule has 1 aliphatic rings. The molecule has 0 aromatic rings. The Bertz CT molecular complexity index is 136. The zero-order chi connectivity index (χ0) is 9.14. The molecule has 1 fully saturated rings. The summed E-state index contributed by atoms with van der Waals surface area (Å²) < 4.78 is 0. The summed E-state index contributed by atoms with van der Waals surface area (Å²) in [4.78, 5) is 0. The number of hydrogen-bond donors (Lipinski definition) is 3. The molecule has 0 aromatic carbocycles. The molecule has 0 saturated heterocycles. The summed E-state index contributed by atoms with van der Waals surface area (Å²) in [6, 6.07) is 0. The third-order valence-corrected chi connectivity index (χ3v) is 3.07. The Kier molecular flexibility index (Phi) is 3.50. The first-order valence-electron chi connectivity index (χ1n) is 4.60. The Morgan fingerprint density at radius 3 is 2.33 bits per heavy atom. The van der Waals surface area contributed by atoms with Gasteiger partial charge in [0, 0.05) is 19.1 Å². The van der Waals surface area contributed by atoms with Crippen LogP contribution < -0.4 is 0 Å². The summed E-state index contributed by atoms with van der Waals surface area (Å²) in [6.45, 7) is 2.05. The molecule has 0 radical (unpaired) electrons. The Balaban J connectivity index is 2.58. The van der Waals surface area contributed by atoms with E-state index in [0.29, 0.717) is 0 Å². The van der Waals surface area contributed by atoms with Gasteiger partial charge in [0.1, 0.15) is 0 Å². The van der Waals surface area contributed by atoms with Crippen LogP contribution in [0.15, 0.2) is 0 Å². The van der Waals surface area contributed by atoms with Gasteiger partial charge in [0.25, 0.3) is 0 Å². The molecule has 3 heteroatoms. The van der Waals surface area contributed by atoms with Gasteiger partial charge in [-0.15, -0.1) is 0 Å². The van der Waals surface area contributed by atoms with E-state index in [2.05, 4.69) is 0 Å². The van der Waals surface area contributed by atoms with Gasteiger partial charge in [-0.3, -0.25) is 0 Å². The molecule has 3 N–H and O–H groups in total. The van der Waals surface area contributed by atoms with Crippen LogP contribution >= 0.6 is 0 Å². The highest BCUT2D eigenvalue weighted by Crippen LogP contribution is 2.33. The monoisotopic (exact) mass is 174 g/mol. The molecule has 0 aliphatic heterocycles. The highest BCUT2D eigenvalue weighted by molar-refractivity contribution is 4.84. The van der Waals surface area contributed by atoms with Gasteiger partial charge in [-0.1, -0.05) is 6.92 Å². The van der Waals surface area contributed by atoms with Crippen molar-refractivity contribution in [1.29, 1.82) is 0 Å². The van der Waals surface area contributed by atoms with Crippen molar-refractivity contribution in [2.45, 2.75) is 25.9 Å². The molecule has 0 amide bonds. The van der Waals surface area contributed by atoms with Gasteiger partial charge in [0.2, 0.25) is 0 Å². The zero-order valence-electron chi connectivity index (χ0n) is 7.48. The molecule has 0 bridgehead atoms. The van der Waals surface area contributed by atoms with Crippen LogP contribution in [0.1, 0.15) is 19.8 Å². The standard InChI is InChI=1S/C9H18O3/c1-6-2-3-7(4-10)8(5-11)9(6)12/h6-12H,2-5H2,1H3. The Morgan fingerprint density at radius 1 is 1.17 bits per heavy atom. The minimum absolute atomic E-state index is 0.0171. The first-order valence-corrected chi connectivity index (χ1v) is 4.60. The van der Waals surface area contributed by atoms with E-state index in [1.54, 1.807) is 0 Å². The second kappa shape index (κ2) is 4.21. The van der Waals surface area contributed by atoms with Crippen LogP contribution in [0.2, 0.25) is 0 Å². The van der Waals surface area contributed by atoms with Crippen LogP contribution in [-0.4, -0.2) is 34.6 Å². The van der Waals surface area contributed by atoms with Gasteiger partial charge in [0.15, 0.2) is 0 Å². The van der Waals surface area contributed by atoms with Crippen molar-refractivity contribution in [2.75, 3.05) is 13.2 Å². The Morgan fingerprint density at radius 2 is 1.83 bits per heavy atom. The lowest BCUT2D eigenvalue weighted by molar-refractivity contribution is -0.0467. The predicted molar refractivity (Wildman–Crippen MR) is 45.6 cm³/mol. The zero-order valence-corrected chi connectivity index (χ0v) is 7.48. The summed E-state index contributed by atoms with van der Waals surface area (Å²) in [5.74, 6) is 0.213. The van der Waals surface area contributed by atoms with Gasteiger partial charge in [-0.25, -0.2) is 0 Å². The molecule has 4 atom stereocenters. The van der Waals surface area contributed by atoms with E-state index in [-0.39, 0.29) is 31.0 Å². The molecular formula is C9H18O3. The highest BCUT2D eigenvalue weighted by atomic mass is 16.3. The number of rotatable bonds is 2. The van der Waals surface area contributed by atoms with Crippen LogP contribution in [0.3, 0.4) is 0 Å². The molecular weight excluding hydrogens is 156 g/mol. The van der Waals surface area contributed by atoms with Gasteiger partial charge in [-0.05, 0) is 24.7 Å². The molecule has 1 saturated carbocycles. The van der Waals surface area contributed by atoms with Crippen molar-refractivity contribution in [2.24, 2.45) is 17.8 Å². The lowest BCUT2D eigenvalue weighted by Crippen LogP contribution is -2.41. The maximum Gasteiger partial charge on any atom is 0.0619 e. The van der Waals surface area contributed by atoms with Gasteiger partial charge in [0.05, 0.1) is 6.10 Å². The fourth-order valence-corrected chi connectivity index (χ4v) is 2.05. The summed E-state index contributed by atoms with van der Waals surface area (Å²) in [6.07, 6.45) is 1.42. The first-order chi connectivity index (χ1) is 5.70. The van der Waals surface area contributed by atoms with E-state index in [4.69, 9.17) is 10.2 Å². The van der Waals surface area contributed by atoms with Crippen LogP contribution in [0.4, 0.5) is 0 Å². The van der Waals surface area contributed by atoms with Gasteiger partial charge < -0.3 is 15.3 Å². The number of aliphatic hydroxyl groups excluding tert-OH is 3. The van der Waals surface area contributed by atoms with Crippen molar-refractivity contribution < 1.29 is 15.3 Å². The van der Waals surface area contributed by atoms with Crippen molar-refractivity contribution in [3.05, 3.63) is 0 Å². The third-order valence-electron chi connectivity index (χ3n) is 3.07. The predicted octanol–water partition coefficient (Wildman–Crippen LogP) is -0.00580. The maximum atomic E-state index is 9.67. The smallest absolute Gasteiger partial charge is 0.0619 e. The molecule has 1 rings (SSSR count). The fourth-order valence-electron chi connectivity index (χ4n) is 2.05. The van der Waals surface area contributed by atoms with Crippen LogP contribution in [0.5, 0.6) is 0 Å². The maximum absolute atomic E-state index is 9.67. The van der Waals surface area contributed by atoms with E-state index in [1.165, 1.54) is 0 Å². The average molecular weight is 174 g/mol. The molecule has 0 heterocycles. The van der Waals surface area contributed by atoms with Crippen molar-refractivity contribution in [1.82, 2.24) is 0 Å². The second-order valence-corrected chi connectivity index (χ2v) is 3.83. The van der Waals surface area contributed by atoms with E-state index in [1.807, 2.05) is 6.92 Å². The van der Waals surface area contributed by atoms with E-state index < -0.39 is 6.10 Å².